The van der Waals surface area contributed by atoms with Gasteiger partial charge in [0, 0.05) is 54.9 Å². The molecule has 1 aromatic heterocycles. The van der Waals surface area contributed by atoms with Gasteiger partial charge in [0.15, 0.2) is 0 Å². The predicted octanol–water partition coefficient (Wildman–Crippen LogP) is 2.46. The van der Waals surface area contributed by atoms with Crippen molar-refractivity contribution >= 4 is 32.5 Å². The maximum atomic E-state index is 12.9. The number of nitrogens with one attached hydrogen (secondary N) is 1. The van der Waals surface area contributed by atoms with Crippen LogP contribution < -0.4 is 0 Å². The Morgan fingerprint density at radius 3 is 2.52 bits per heavy atom. The summed E-state index contributed by atoms with van der Waals surface area (Å²) in [6.07, 6.45) is 0.244. The van der Waals surface area contributed by atoms with Gasteiger partial charge in [-0.05, 0) is 24.6 Å². The highest BCUT2D eigenvalue weighted by atomic mass is 32.2. The third-order valence-corrected chi connectivity index (χ3v) is 7.51. The summed E-state index contributed by atoms with van der Waals surface area (Å²) in [5.41, 5.74) is 2.60. The molecule has 0 spiro atoms. The van der Waals surface area contributed by atoms with Crippen LogP contribution in [0, 0.1) is 17.0 Å². The van der Waals surface area contributed by atoms with Crippen molar-refractivity contribution in [2.45, 2.75) is 18.2 Å². The quantitative estimate of drug-likeness (QED) is 0.481. The highest BCUT2D eigenvalue weighted by Crippen LogP contribution is 2.24. The molecule has 31 heavy (non-hydrogen) atoms. The Kier molecular flexibility index (Phi) is 5.50. The van der Waals surface area contributed by atoms with E-state index in [2.05, 4.69) is 4.98 Å². The van der Waals surface area contributed by atoms with Crippen LogP contribution in [-0.2, 0) is 21.2 Å². The number of para-hydroxylation sites is 1. The Hall–Kier alpha value is -3.24. The summed E-state index contributed by atoms with van der Waals surface area (Å²) in [6.45, 7) is 2.77. The van der Waals surface area contributed by atoms with Crippen LogP contribution in [0.2, 0.25) is 0 Å². The second kappa shape index (κ2) is 8.12. The first-order valence-electron chi connectivity index (χ1n) is 9.86. The van der Waals surface area contributed by atoms with Gasteiger partial charge >= 0.3 is 0 Å². The first kappa shape index (κ1) is 21.0. The van der Waals surface area contributed by atoms with Crippen LogP contribution in [0.5, 0.6) is 0 Å². The first-order valence-corrected chi connectivity index (χ1v) is 11.3. The lowest BCUT2D eigenvalue weighted by Crippen LogP contribution is -2.50. The number of nitrogens with zero attached hydrogens (tertiary/aromatic N) is 3. The number of benzene rings is 2. The van der Waals surface area contributed by atoms with Crippen LogP contribution in [0.4, 0.5) is 5.69 Å². The van der Waals surface area contributed by atoms with Crippen LogP contribution in [0.1, 0.15) is 11.3 Å². The van der Waals surface area contributed by atoms with Crippen LogP contribution in [-0.4, -0.2) is 59.6 Å². The molecule has 0 saturated carbocycles. The molecule has 1 aliphatic heterocycles. The van der Waals surface area contributed by atoms with Crippen molar-refractivity contribution in [1.29, 1.82) is 0 Å². The number of nitro groups is 1. The van der Waals surface area contributed by atoms with Gasteiger partial charge in [0.25, 0.3) is 5.69 Å². The van der Waals surface area contributed by atoms with Gasteiger partial charge in [-0.2, -0.15) is 4.31 Å². The molecule has 1 saturated heterocycles. The molecule has 0 radical (unpaired) electrons. The summed E-state index contributed by atoms with van der Waals surface area (Å²) >= 11 is 0. The van der Waals surface area contributed by atoms with E-state index in [9.17, 15) is 23.3 Å². The fraction of sp³-hybridized carbons (Fsp3) is 0.286. The van der Waals surface area contributed by atoms with Crippen molar-refractivity contribution < 1.29 is 18.1 Å². The van der Waals surface area contributed by atoms with Gasteiger partial charge in [0.2, 0.25) is 15.9 Å². The van der Waals surface area contributed by atoms with E-state index >= 15 is 0 Å². The molecule has 162 valence electrons. The number of sulfonamides is 1. The number of aromatic amines is 1. The molecule has 1 amide bonds. The monoisotopic (exact) mass is 442 g/mol. The predicted molar refractivity (Wildman–Crippen MR) is 115 cm³/mol. The first-order chi connectivity index (χ1) is 14.8. The number of hydrogen-bond acceptors (Lipinski definition) is 5. The smallest absolute Gasteiger partial charge is 0.270 e. The van der Waals surface area contributed by atoms with E-state index < -0.39 is 14.9 Å². The van der Waals surface area contributed by atoms with Crippen LogP contribution >= 0.6 is 0 Å². The summed E-state index contributed by atoms with van der Waals surface area (Å²) in [7, 11) is -3.87. The zero-order valence-electron chi connectivity index (χ0n) is 16.9. The molecular formula is C21H22N4O5S. The highest BCUT2D eigenvalue weighted by Gasteiger charge is 2.31. The van der Waals surface area contributed by atoms with Crippen molar-refractivity contribution in [3.8, 4) is 0 Å². The van der Waals surface area contributed by atoms with Gasteiger partial charge in [0.1, 0.15) is 0 Å². The van der Waals surface area contributed by atoms with Crippen LogP contribution in [0.25, 0.3) is 10.9 Å². The summed E-state index contributed by atoms with van der Waals surface area (Å²) in [6, 6.07) is 12.8. The fourth-order valence-corrected chi connectivity index (χ4v) is 5.37. The van der Waals surface area contributed by atoms with Gasteiger partial charge in [-0.3, -0.25) is 14.9 Å². The zero-order chi connectivity index (χ0) is 22.2. The summed E-state index contributed by atoms with van der Waals surface area (Å²) in [5, 5.41) is 12.0. The Labute approximate surface area is 179 Å². The Morgan fingerprint density at radius 2 is 1.81 bits per heavy atom. The number of H-pyrrole nitrogens is 1. The number of hydrogen-bond donors (Lipinski definition) is 1. The maximum absolute atomic E-state index is 12.9. The highest BCUT2D eigenvalue weighted by molar-refractivity contribution is 7.89. The number of non-ortho nitro benzene ring substituents is 1. The lowest BCUT2D eigenvalue weighted by atomic mass is 10.1. The number of piperazine rings is 1. The van der Waals surface area contributed by atoms with Gasteiger partial charge in [0.05, 0.1) is 16.2 Å². The van der Waals surface area contributed by atoms with E-state index in [4.69, 9.17) is 0 Å². The van der Waals surface area contributed by atoms with E-state index in [1.165, 1.54) is 22.5 Å². The maximum Gasteiger partial charge on any atom is 0.270 e. The zero-order valence-corrected chi connectivity index (χ0v) is 17.8. The Balaban J connectivity index is 1.44. The van der Waals surface area contributed by atoms with Gasteiger partial charge in [-0.1, -0.05) is 24.3 Å². The second-order valence-corrected chi connectivity index (χ2v) is 9.43. The van der Waals surface area contributed by atoms with E-state index in [1.807, 2.05) is 31.2 Å². The van der Waals surface area contributed by atoms with Gasteiger partial charge in [-0.25, -0.2) is 8.42 Å². The minimum atomic E-state index is -3.87. The molecule has 0 bridgehead atoms. The SMILES string of the molecule is Cc1[nH]c2ccccc2c1CC(=O)N1CCN(S(=O)(=O)c2cccc([N+](=O)[O-])c2)CC1. The normalized spacial score (nSPS) is 15.3. The van der Waals surface area contributed by atoms with E-state index in [1.54, 1.807) is 4.90 Å². The molecule has 0 atom stereocenters. The number of amides is 1. The average Bonchev–Trinajstić information content (AvgIpc) is 3.09. The molecule has 3 aromatic rings. The molecule has 1 fully saturated rings. The van der Waals surface area contributed by atoms with Crippen LogP contribution in [0.15, 0.2) is 53.4 Å². The molecule has 10 heteroatoms. The van der Waals surface area contributed by atoms with E-state index in [-0.39, 0.29) is 49.1 Å². The number of carbonyl (C=O) groups excluding carboxylic acids is 1. The summed E-state index contributed by atoms with van der Waals surface area (Å²) in [4.78, 5) is 28.1. The number of nitro benzene ring substituents is 1. The minimum absolute atomic E-state index is 0.0553. The summed E-state index contributed by atoms with van der Waals surface area (Å²) in [5.74, 6) is -0.0553. The Bertz CT molecular complexity index is 1260. The fourth-order valence-electron chi connectivity index (χ4n) is 3.91. The summed E-state index contributed by atoms with van der Waals surface area (Å²) < 4.78 is 27.0. The topological polar surface area (TPSA) is 117 Å². The third-order valence-electron chi connectivity index (χ3n) is 5.61. The van der Waals surface area contributed by atoms with Crippen molar-refractivity contribution in [3.05, 3.63) is 69.9 Å². The van der Waals surface area contributed by atoms with E-state index in [0.717, 1.165) is 28.2 Å². The lowest BCUT2D eigenvalue weighted by molar-refractivity contribution is -0.385. The molecule has 4 rings (SSSR count). The van der Waals surface area contributed by atoms with Gasteiger partial charge in [-0.15, -0.1) is 0 Å². The third kappa shape index (κ3) is 4.04. The number of fused-ring (bicyclic) bond motifs is 1. The average molecular weight is 442 g/mol. The number of carbonyl (C=O) groups is 1. The van der Waals surface area contributed by atoms with E-state index in [0.29, 0.717) is 0 Å². The van der Waals surface area contributed by atoms with Crippen molar-refractivity contribution in [3.63, 3.8) is 0 Å². The number of aryl methyl sites for hydroxylation is 1. The number of aromatic nitrogens is 1. The molecule has 0 unspecified atom stereocenters. The molecule has 2 heterocycles. The second-order valence-electron chi connectivity index (χ2n) is 7.49. The van der Waals surface area contributed by atoms with Crippen molar-refractivity contribution in [2.24, 2.45) is 0 Å². The van der Waals surface area contributed by atoms with Crippen LogP contribution in [0.3, 0.4) is 0 Å². The number of rotatable bonds is 5. The largest absolute Gasteiger partial charge is 0.358 e. The van der Waals surface area contributed by atoms with Gasteiger partial charge < -0.3 is 9.88 Å². The minimum Gasteiger partial charge on any atom is -0.358 e. The molecular weight excluding hydrogens is 420 g/mol. The standard InChI is InChI=1S/C21H22N4O5S/c1-15-19(18-7-2-3-8-20(18)22-15)14-21(26)23-9-11-24(12-10-23)31(29,30)17-6-4-5-16(13-17)25(27)28/h2-8,13,22H,9-12,14H2,1H3. The molecule has 2 aromatic carbocycles. The van der Waals surface area contributed by atoms with Crippen molar-refractivity contribution in [2.75, 3.05) is 26.2 Å². The lowest BCUT2D eigenvalue weighted by Gasteiger charge is -2.34. The van der Waals surface area contributed by atoms with Crippen molar-refractivity contribution in [1.82, 2.24) is 14.2 Å². The molecule has 9 nitrogen and oxygen atoms in total. The molecule has 1 N–H and O–H groups in total. The molecule has 1 aliphatic rings. The Morgan fingerprint density at radius 1 is 1.10 bits per heavy atom. The molecule has 0 aliphatic carbocycles.